The van der Waals surface area contributed by atoms with E-state index in [0.717, 1.165) is 45.2 Å². The van der Waals surface area contributed by atoms with E-state index in [1.807, 2.05) is 4.90 Å². The predicted octanol–water partition coefficient (Wildman–Crippen LogP) is 6.01. The number of benzene rings is 1. The van der Waals surface area contributed by atoms with Gasteiger partial charge >= 0.3 is 0 Å². The summed E-state index contributed by atoms with van der Waals surface area (Å²) in [6, 6.07) is 8.76. The molecule has 2 atom stereocenters. The topological polar surface area (TPSA) is 37.4 Å². The highest BCUT2D eigenvalue weighted by molar-refractivity contribution is 5.84. The lowest BCUT2D eigenvalue weighted by Crippen LogP contribution is -2.34. The average molecular weight is 400 g/mol. The first-order valence-electron chi connectivity index (χ1n) is 11.5. The van der Waals surface area contributed by atoms with Gasteiger partial charge < -0.3 is 4.90 Å². The molecule has 0 bridgehead atoms. The van der Waals surface area contributed by atoms with Crippen LogP contribution in [0.5, 0.6) is 0 Å². The van der Waals surface area contributed by atoms with Crippen LogP contribution in [-0.2, 0) is 16.0 Å². The fourth-order valence-corrected chi connectivity index (χ4v) is 4.30. The van der Waals surface area contributed by atoms with Gasteiger partial charge in [0.25, 0.3) is 0 Å². The van der Waals surface area contributed by atoms with Crippen molar-refractivity contribution in [2.45, 2.75) is 86.0 Å². The quantitative estimate of drug-likeness (QED) is 0.563. The molecule has 162 valence electrons. The Bertz CT molecular complexity index is 669. The summed E-state index contributed by atoms with van der Waals surface area (Å²) in [7, 11) is 0. The van der Waals surface area contributed by atoms with Crippen LogP contribution in [0.1, 0.15) is 90.7 Å². The van der Waals surface area contributed by atoms with E-state index >= 15 is 0 Å². The maximum absolute atomic E-state index is 13.3. The smallest absolute Gasteiger partial charge is 0.223 e. The molecule has 3 nitrogen and oxygen atoms in total. The van der Waals surface area contributed by atoms with Crippen molar-refractivity contribution in [3.05, 3.63) is 35.4 Å². The first kappa shape index (κ1) is 23.6. The summed E-state index contributed by atoms with van der Waals surface area (Å²) in [5, 5.41) is 0. The number of amides is 1. The standard InChI is InChI=1S/C26H41NO2/c1-7-21(17-20-10-12-22(13-11-20)19(2)3)25(29)23-9-8-15-27(16-14-23)24(28)18-26(4,5)6/h10-13,19,21,23H,7-9,14-18H2,1-6H3. The van der Waals surface area contributed by atoms with Crippen molar-refractivity contribution in [3.63, 3.8) is 0 Å². The fraction of sp³-hybridized carbons (Fsp3) is 0.692. The van der Waals surface area contributed by atoms with E-state index in [1.165, 1.54) is 11.1 Å². The second kappa shape index (κ2) is 10.4. The number of nitrogens with zero attached hydrogens (tertiary/aromatic N) is 1. The van der Waals surface area contributed by atoms with Crippen LogP contribution >= 0.6 is 0 Å². The molecule has 0 aromatic heterocycles. The van der Waals surface area contributed by atoms with E-state index in [2.05, 4.69) is 65.8 Å². The third-order valence-corrected chi connectivity index (χ3v) is 6.19. The van der Waals surface area contributed by atoms with Gasteiger partial charge in [-0.2, -0.15) is 0 Å². The molecule has 1 aliphatic rings. The summed E-state index contributed by atoms with van der Waals surface area (Å²) in [6.07, 6.45) is 4.96. The molecule has 1 aromatic rings. The van der Waals surface area contributed by atoms with Gasteiger partial charge in [-0.3, -0.25) is 9.59 Å². The zero-order valence-electron chi connectivity index (χ0n) is 19.5. The zero-order chi connectivity index (χ0) is 21.6. The van der Waals surface area contributed by atoms with E-state index in [9.17, 15) is 9.59 Å². The summed E-state index contributed by atoms with van der Waals surface area (Å²) in [5.74, 6) is 1.36. The third kappa shape index (κ3) is 7.28. The largest absolute Gasteiger partial charge is 0.343 e. The van der Waals surface area contributed by atoms with Crippen LogP contribution in [0.3, 0.4) is 0 Å². The third-order valence-electron chi connectivity index (χ3n) is 6.19. The highest BCUT2D eigenvalue weighted by atomic mass is 16.2. The zero-order valence-corrected chi connectivity index (χ0v) is 19.5. The minimum Gasteiger partial charge on any atom is -0.343 e. The molecule has 0 radical (unpaired) electrons. The number of ketones is 1. The summed E-state index contributed by atoms with van der Waals surface area (Å²) >= 11 is 0. The van der Waals surface area contributed by atoms with Crippen molar-refractivity contribution < 1.29 is 9.59 Å². The normalized spacial score (nSPS) is 19.1. The van der Waals surface area contributed by atoms with Crippen molar-refractivity contribution in [1.29, 1.82) is 0 Å². The van der Waals surface area contributed by atoms with E-state index < -0.39 is 0 Å². The van der Waals surface area contributed by atoms with Crippen LogP contribution in [0, 0.1) is 17.3 Å². The number of carbonyl (C=O) groups excluding carboxylic acids is 2. The molecule has 0 aliphatic carbocycles. The number of hydrogen-bond donors (Lipinski definition) is 0. The average Bonchev–Trinajstić information content (AvgIpc) is 2.91. The van der Waals surface area contributed by atoms with Crippen LogP contribution in [0.4, 0.5) is 0 Å². The summed E-state index contributed by atoms with van der Waals surface area (Å²) in [4.78, 5) is 27.8. The summed E-state index contributed by atoms with van der Waals surface area (Å²) in [6.45, 7) is 14.4. The lowest BCUT2D eigenvalue weighted by Gasteiger charge is -2.25. The van der Waals surface area contributed by atoms with Gasteiger partial charge in [-0.15, -0.1) is 0 Å². The Balaban J connectivity index is 1.96. The molecule has 1 fully saturated rings. The highest BCUT2D eigenvalue weighted by Crippen LogP contribution is 2.27. The molecule has 1 saturated heterocycles. The Morgan fingerprint density at radius 2 is 1.72 bits per heavy atom. The molecule has 1 heterocycles. The number of hydrogen-bond acceptors (Lipinski definition) is 2. The van der Waals surface area contributed by atoms with Crippen molar-refractivity contribution in [1.82, 2.24) is 4.90 Å². The molecular formula is C26H41NO2. The van der Waals surface area contributed by atoms with Gasteiger partial charge in [0.15, 0.2) is 0 Å². The second-order valence-corrected chi connectivity index (χ2v) is 10.4. The summed E-state index contributed by atoms with van der Waals surface area (Å²) in [5.41, 5.74) is 2.61. The lowest BCUT2D eigenvalue weighted by molar-refractivity contribution is -0.133. The molecule has 29 heavy (non-hydrogen) atoms. The van der Waals surface area contributed by atoms with E-state index in [4.69, 9.17) is 0 Å². The molecule has 2 rings (SSSR count). The molecule has 1 amide bonds. The summed E-state index contributed by atoms with van der Waals surface area (Å²) < 4.78 is 0. The SMILES string of the molecule is CCC(Cc1ccc(C(C)C)cc1)C(=O)C1CCCN(C(=O)CC(C)(C)C)CC1. The van der Waals surface area contributed by atoms with E-state index in [0.29, 0.717) is 18.1 Å². The Kier molecular flexibility index (Phi) is 8.48. The van der Waals surface area contributed by atoms with E-state index in [1.54, 1.807) is 0 Å². The maximum atomic E-state index is 13.3. The molecule has 0 N–H and O–H groups in total. The van der Waals surface area contributed by atoms with Crippen molar-refractivity contribution in [2.75, 3.05) is 13.1 Å². The molecular weight excluding hydrogens is 358 g/mol. The minimum atomic E-state index is 0.0109. The van der Waals surface area contributed by atoms with Crippen molar-refractivity contribution in [3.8, 4) is 0 Å². The van der Waals surface area contributed by atoms with Gasteiger partial charge in [-0.05, 0) is 54.6 Å². The molecule has 0 spiro atoms. The van der Waals surface area contributed by atoms with Gasteiger partial charge in [0, 0.05) is 31.3 Å². The van der Waals surface area contributed by atoms with Crippen LogP contribution in [0.25, 0.3) is 0 Å². The van der Waals surface area contributed by atoms with Gasteiger partial charge in [-0.25, -0.2) is 0 Å². The molecule has 1 aromatic carbocycles. The first-order chi connectivity index (χ1) is 13.6. The number of carbonyl (C=O) groups is 2. The molecule has 1 aliphatic heterocycles. The monoisotopic (exact) mass is 399 g/mol. The predicted molar refractivity (Wildman–Crippen MR) is 121 cm³/mol. The van der Waals surface area contributed by atoms with E-state index in [-0.39, 0.29) is 23.2 Å². The molecule has 2 unspecified atom stereocenters. The highest BCUT2D eigenvalue weighted by Gasteiger charge is 2.30. The lowest BCUT2D eigenvalue weighted by atomic mass is 9.83. The Morgan fingerprint density at radius 3 is 2.28 bits per heavy atom. The van der Waals surface area contributed by atoms with Crippen LogP contribution < -0.4 is 0 Å². The van der Waals surface area contributed by atoms with Crippen LogP contribution in [0.15, 0.2) is 24.3 Å². The minimum absolute atomic E-state index is 0.0109. The molecule has 3 heteroatoms. The second-order valence-electron chi connectivity index (χ2n) is 10.4. The Morgan fingerprint density at radius 1 is 1.07 bits per heavy atom. The number of Topliss-reactive ketones (excluding diaryl/α,β-unsaturated/α-hetero) is 1. The van der Waals surface area contributed by atoms with Gasteiger partial charge in [0.2, 0.25) is 5.91 Å². The first-order valence-corrected chi connectivity index (χ1v) is 11.5. The van der Waals surface area contributed by atoms with Crippen LogP contribution in [-0.4, -0.2) is 29.7 Å². The van der Waals surface area contributed by atoms with Crippen LogP contribution in [0.2, 0.25) is 0 Å². The van der Waals surface area contributed by atoms with Gasteiger partial charge in [0.05, 0.1) is 0 Å². The maximum Gasteiger partial charge on any atom is 0.223 e. The van der Waals surface area contributed by atoms with Crippen molar-refractivity contribution >= 4 is 11.7 Å². The Hall–Kier alpha value is -1.64. The Labute approximate surface area is 178 Å². The number of likely N-dealkylation sites (tertiary alicyclic amines) is 1. The molecule has 0 saturated carbocycles. The van der Waals surface area contributed by atoms with Gasteiger partial charge in [-0.1, -0.05) is 65.8 Å². The fourth-order valence-electron chi connectivity index (χ4n) is 4.30. The number of rotatable bonds is 7. The van der Waals surface area contributed by atoms with Crippen molar-refractivity contribution in [2.24, 2.45) is 17.3 Å². The van der Waals surface area contributed by atoms with Gasteiger partial charge in [0.1, 0.15) is 5.78 Å².